The van der Waals surface area contributed by atoms with Gasteiger partial charge in [0.15, 0.2) is 17.3 Å². The van der Waals surface area contributed by atoms with Crippen molar-refractivity contribution in [2.45, 2.75) is 0 Å². The number of aromatic carboxylic acids is 1. The molecule has 0 radical (unpaired) electrons. The van der Waals surface area contributed by atoms with Crippen LogP contribution in [0.4, 0.5) is 8.78 Å². The van der Waals surface area contributed by atoms with Crippen LogP contribution in [0.2, 0.25) is 0 Å². The van der Waals surface area contributed by atoms with Gasteiger partial charge in [-0.2, -0.15) is 0 Å². The van der Waals surface area contributed by atoms with Crippen molar-refractivity contribution in [3.63, 3.8) is 0 Å². The molecule has 0 aliphatic heterocycles. The summed E-state index contributed by atoms with van der Waals surface area (Å²) >= 11 is 0. The number of nitrogens with zero attached hydrogens (tertiary/aromatic N) is 1. The van der Waals surface area contributed by atoms with E-state index in [1.807, 2.05) is 0 Å². The first-order valence-electron chi connectivity index (χ1n) is 4.88. The van der Waals surface area contributed by atoms with Crippen LogP contribution in [-0.2, 0) is 0 Å². The van der Waals surface area contributed by atoms with E-state index in [2.05, 4.69) is 4.98 Å². The van der Waals surface area contributed by atoms with Crippen molar-refractivity contribution < 1.29 is 23.4 Å². The molecule has 1 heterocycles. The SMILES string of the molecule is O=C(O)c1cc(Oc2ccc(F)c(F)c2)ccn1. The third-order valence-electron chi connectivity index (χ3n) is 2.08. The number of hydrogen-bond acceptors (Lipinski definition) is 3. The topological polar surface area (TPSA) is 59.4 Å². The van der Waals surface area contributed by atoms with Gasteiger partial charge in [-0.1, -0.05) is 0 Å². The second-order valence-electron chi connectivity index (χ2n) is 3.36. The number of halogens is 2. The summed E-state index contributed by atoms with van der Waals surface area (Å²) < 4.78 is 30.8. The van der Waals surface area contributed by atoms with E-state index in [0.717, 1.165) is 12.1 Å². The highest BCUT2D eigenvalue weighted by Crippen LogP contribution is 2.23. The largest absolute Gasteiger partial charge is 0.477 e. The van der Waals surface area contributed by atoms with Crippen LogP contribution >= 0.6 is 0 Å². The maximum Gasteiger partial charge on any atom is 0.354 e. The Morgan fingerprint density at radius 1 is 1.11 bits per heavy atom. The molecule has 0 spiro atoms. The fraction of sp³-hybridized carbons (Fsp3) is 0. The molecule has 0 fully saturated rings. The second kappa shape index (κ2) is 4.79. The van der Waals surface area contributed by atoms with Crippen molar-refractivity contribution in [3.05, 3.63) is 53.9 Å². The van der Waals surface area contributed by atoms with Gasteiger partial charge in [0.1, 0.15) is 11.5 Å². The zero-order chi connectivity index (χ0) is 13.1. The van der Waals surface area contributed by atoms with Crippen LogP contribution in [0.25, 0.3) is 0 Å². The molecule has 0 aliphatic rings. The van der Waals surface area contributed by atoms with Gasteiger partial charge in [0.05, 0.1) is 0 Å². The van der Waals surface area contributed by atoms with E-state index in [4.69, 9.17) is 9.84 Å². The first kappa shape index (κ1) is 12.0. The average molecular weight is 251 g/mol. The van der Waals surface area contributed by atoms with Crippen molar-refractivity contribution >= 4 is 5.97 Å². The van der Waals surface area contributed by atoms with Crippen LogP contribution in [0.3, 0.4) is 0 Å². The van der Waals surface area contributed by atoms with Crippen molar-refractivity contribution in [1.29, 1.82) is 0 Å². The molecule has 0 unspecified atom stereocenters. The number of carbonyl (C=O) groups is 1. The van der Waals surface area contributed by atoms with Gasteiger partial charge in [-0.15, -0.1) is 0 Å². The van der Waals surface area contributed by atoms with Crippen LogP contribution in [0, 0.1) is 11.6 Å². The van der Waals surface area contributed by atoms with Crippen LogP contribution in [0.5, 0.6) is 11.5 Å². The first-order chi connectivity index (χ1) is 8.56. The maximum absolute atomic E-state index is 12.9. The quantitative estimate of drug-likeness (QED) is 0.911. The van der Waals surface area contributed by atoms with Crippen molar-refractivity contribution in [2.24, 2.45) is 0 Å². The summed E-state index contributed by atoms with van der Waals surface area (Å²) in [6.07, 6.45) is 1.25. The van der Waals surface area contributed by atoms with E-state index in [1.54, 1.807) is 0 Å². The number of carboxylic acids is 1. The number of aromatic nitrogens is 1. The minimum absolute atomic E-state index is 0.0661. The molecule has 0 atom stereocenters. The van der Waals surface area contributed by atoms with Gasteiger partial charge in [0.25, 0.3) is 0 Å². The van der Waals surface area contributed by atoms with Gasteiger partial charge in [-0.25, -0.2) is 18.6 Å². The fourth-order valence-electron chi connectivity index (χ4n) is 1.27. The number of benzene rings is 1. The van der Waals surface area contributed by atoms with Crippen molar-refractivity contribution in [2.75, 3.05) is 0 Å². The van der Waals surface area contributed by atoms with Gasteiger partial charge in [-0.3, -0.25) is 0 Å². The maximum atomic E-state index is 12.9. The molecule has 4 nitrogen and oxygen atoms in total. The van der Waals surface area contributed by atoms with Crippen LogP contribution in [0.1, 0.15) is 10.5 Å². The summed E-state index contributed by atoms with van der Waals surface area (Å²) in [6, 6.07) is 5.62. The minimum atomic E-state index is -1.20. The summed E-state index contributed by atoms with van der Waals surface area (Å²) in [6.45, 7) is 0. The molecule has 1 aromatic heterocycles. The predicted octanol–water partition coefficient (Wildman–Crippen LogP) is 2.85. The standard InChI is InChI=1S/C12H7F2NO3/c13-9-2-1-7(5-10(9)14)18-8-3-4-15-11(6-8)12(16)17/h1-6H,(H,16,17). The Morgan fingerprint density at radius 3 is 2.50 bits per heavy atom. The lowest BCUT2D eigenvalue weighted by Gasteiger charge is -2.06. The molecule has 0 saturated carbocycles. The van der Waals surface area contributed by atoms with E-state index in [9.17, 15) is 13.6 Å². The van der Waals surface area contributed by atoms with Gasteiger partial charge in [0.2, 0.25) is 0 Å². The highest BCUT2D eigenvalue weighted by molar-refractivity contribution is 5.85. The molecular weight excluding hydrogens is 244 g/mol. The molecule has 18 heavy (non-hydrogen) atoms. The number of carboxylic acid groups (broad SMARTS) is 1. The molecule has 6 heteroatoms. The lowest BCUT2D eigenvalue weighted by molar-refractivity contribution is 0.0690. The molecule has 1 N–H and O–H groups in total. The fourth-order valence-corrected chi connectivity index (χ4v) is 1.27. The van der Waals surface area contributed by atoms with Crippen molar-refractivity contribution in [3.8, 4) is 11.5 Å². The molecule has 0 aliphatic carbocycles. The number of pyridine rings is 1. The Morgan fingerprint density at radius 2 is 1.83 bits per heavy atom. The molecule has 92 valence electrons. The Balaban J connectivity index is 2.25. The molecule has 2 aromatic rings. The molecular formula is C12H7F2NO3. The molecule has 0 amide bonds. The summed E-state index contributed by atoms with van der Waals surface area (Å²) in [5, 5.41) is 8.73. The Bertz CT molecular complexity index is 602. The van der Waals surface area contributed by atoms with E-state index < -0.39 is 17.6 Å². The molecule has 2 rings (SSSR count). The lowest BCUT2D eigenvalue weighted by atomic mass is 10.3. The normalized spacial score (nSPS) is 10.1. The zero-order valence-corrected chi connectivity index (χ0v) is 8.93. The Kier molecular flexibility index (Phi) is 3.18. The van der Waals surface area contributed by atoms with E-state index in [1.165, 1.54) is 24.4 Å². The first-order valence-corrected chi connectivity index (χ1v) is 4.88. The highest BCUT2D eigenvalue weighted by Gasteiger charge is 2.08. The van der Waals surface area contributed by atoms with Gasteiger partial charge in [0, 0.05) is 18.3 Å². The zero-order valence-electron chi connectivity index (χ0n) is 8.93. The summed E-state index contributed by atoms with van der Waals surface area (Å²) in [7, 11) is 0. The van der Waals surface area contributed by atoms with Crippen molar-refractivity contribution in [1.82, 2.24) is 4.98 Å². The second-order valence-corrected chi connectivity index (χ2v) is 3.36. The third-order valence-corrected chi connectivity index (χ3v) is 2.08. The summed E-state index contributed by atoms with van der Waals surface area (Å²) in [4.78, 5) is 14.3. The average Bonchev–Trinajstić information content (AvgIpc) is 2.34. The predicted molar refractivity (Wildman–Crippen MR) is 57.6 cm³/mol. The highest BCUT2D eigenvalue weighted by atomic mass is 19.2. The van der Waals surface area contributed by atoms with Gasteiger partial charge < -0.3 is 9.84 Å². The summed E-state index contributed by atoms with van der Waals surface area (Å²) in [5.74, 6) is -2.99. The van der Waals surface area contributed by atoms with E-state index >= 15 is 0 Å². The van der Waals surface area contributed by atoms with Crippen LogP contribution in [0.15, 0.2) is 36.5 Å². The number of hydrogen-bond donors (Lipinski definition) is 1. The molecule has 0 saturated heterocycles. The number of ether oxygens (including phenoxy) is 1. The molecule has 0 bridgehead atoms. The number of rotatable bonds is 3. The van der Waals surface area contributed by atoms with Crippen LogP contribution < -0.4 is 4.74 Å². The minimum Gasteiger partial charge on any atom is -0.477 e. The van der Waals surface area contributed by atoms with E-state index in [0.29, 0.717) is 0 Å². The van der Waals surface area contributed by atoms with Crippen LogP contribution in [-0.4, -0.2) is 16.1 Å². The van der Waals surface area contributed by atoms with Gasteiger partial charge in [-0.05, 0) is 18.2 Å². The molecule has 1 aromatic carbocycles. The Labute approximate surface area is 100 Å². The smallest absolute Gasteiger partial charge is 0.354 e. The monoisotopic (exact) mass is 251 g/mol. The van der Waals surface area contributed by atoms with E-state index in [-0.39, 0.29) is 17.2 Å². The third kappa shape index (κ3) is 2.60. The lowest BCUT2D eigenvalue weighted by Crippen LogP contribution is -1.99. The Hall–Kier alpha value is -2.50. The van der Waals surface area contributed by atoms with Gasteiger partial charge >= 0.3 is 5.97 Å². The summed E-state index contributed by atoms with van der Waals surface area (Å²) in [5.41, 5.74) is -0.199.